The quantitative estimate of drug-likeness (QED) is 0.165. The summed E-state index contributed by atoms with van der Waals surface area (Å²) in [6.45, 7) is 7.69. The average molecular weight is 643 g/mol. The molecule has 12 nitrogen and oxygen atoms in total. The fourth-order valence-electron chi connectivity index (χ4n) is 3.96. The number of hydrogen-bond donors (Lipinski definition) is 2. The van der Waals surface area contributed by atoms with Gasteiger partial charge in [-0.05, 0) is 63.1 Å². The Morgan fingerprint density at radius 3 is 1.63 bits per heavy atom. The van der Waals surface area contributed by atoms with Crippen LogP contribution in [0.15, 0.2) is 55.3 Å². The van der Waals surface area contributed by atoms with Crippen LogP contribution in [0.2, 0.25) is 0 Å². The molecule has 3 heterocycles. The van der Waals surface area contributed by atoms with Crippen molar-refractivity contribution in [1.82, 2.24) is 21.0 Å². The third kappa shape index (κ3) is 8.39. The lowest BCUT2D eigenvalue weighted by molar-refractivity contribution is -0.121. The smallest absolute Gasteiger partial charge is 0.253 e. The monoisotopic (exact) mass is 642 g/mol. The first kappa shape index (κ1) is 30.6. The molecule has 0 radical (unpaired) electrons. The highest BCUT2D eigenvalue weighted by Gasteiger charge is 2.21. The van der Waals surface area contributed by atoms with E-state index >= 15 is 0 Å². The minimum Gasteiger partial charge on any atom is -0.454 e. The zero-order chi connectivity index (χ0) is 30.3. The molecule has 2 aliphatic heterocycles. The van der Waals surface area contributed by atoms with E-state index in [4.69, 9.17) is 18.9 Å². The van der Waals surface area contributed by atoms with Crippen molar-refractivity contribution >= 4 is 58.1 Å². The van der Waals surface area contributed by atoms with Crippen LogP contribution in [0.4, 0.5) is 0 Å². The fourth-order valence-corrected chi connectivity index (χ4v) is 7.25. The average Bonchev–Trinajstić information content (AvgIpc) is 3.75. The van der Waals surface area contributed by atoms with Gasteiger partial charge in [0.25, 0.3) is 11.8 Å². The van der Waals surface area contributed by atoms with E-state index in [2.05, 4.69) is 31.3 Å². The van der Waals surface area contributed by atoms with E-state index in [1.165, 1.54) is 34.9 Å². The van der Waals surface area contributed by atoms with Crippen LogP contribution in [0.3, 0.4) is 0 Å². The molecule has 2 amide bonds. The molecule has 226 valence electrons. The number of rotatable bonds is 12. The first-order valence-corrected chi connectivity index (χ1v) is 15.9. The Bertz CT molecular complexity index is 1450. The number of hydrogen-bond acceptors (Lipinski definition) is 13. The van der Waals surface area contributed by atoms with Gasteiger partial charge in [-0.15, -0.1) is 10.2 Å². The topological polar surface area (TPSA) is 146 Å². The minimum atomic E-state index is -0.448. The lowest BCUT2D eigenvalue weighted by atomic mass is 10.1. The Balaban J connectivity index is 1.04. The molecule has 2 N–H and O–H groups in total. The molecule has 0 saturated heterocycles. The zero-order valence-electron chi connectivity index (χ0n) is 23.9. The van der Waals surface area contributed by atoms with Crippen molar-refractivity contribution in [3.8, 4) is 23.0 Å². The number of aromatic nitrogens is 2. The predicted octanol–water partition coefficient (Wildman–Crippen LogP) is 4.43. The molecular formula is C28H30N6O6S3. The van der Waals surface area contributed by atoms with E-state index in [0.29, 0.717) is 33.0 Å². The number of benzene rings is 2. The molecule has 15 heteroatoms. The van der Waals surface area contributed by atoms with Crippen molar-refractivity contribution in [2.24, 2.45) is 10.2 Å². The van der Waals surface area contributed by atoms with Gasteiger partial charge in [-0.3, -0.25) is 9.59 Å². The summed E-state index contributed by atoms with van der Waals surface area (Å²) in [6.07, 6.45) is 1.12. The van der Waals surface area contributed by atoms with Crippen molar-refractivity contribution in [2.45, 2.75) is 59.7 Å². The van der Waals surface area contributed by atoms with Gasteiger partial charge in [0.05, 0.1) is 10.5 Å². The highest BCUT2D eigenvalue weighted by Crippen LogP contribution is 2.35. The minimum absolute atomic E-state index is 0.223. The lowest BCUT2D eigenvalue weighted by Gasteiger charge is -2.08. The second-order valence-electron chi connectivity index (χ2n) is 9.73. The van der Waals surface area contributed by atoms with Gasteiger partial charge in [0.15, 0.2) is 31.7 Å². The number of fused-ring (bicyclic) bond motifs is 2. The molecule has 2 aliphatic rings. The van der Waals surface area contributed by atoms with Crippen LogP contribution >= 0.6 is 34.9 Å². The third-order valence-corrected chi connectivity index (χ3v) is 9.48. The number of nitrogens with one attached hydrogen (secondary N) is 2. The molecule has 1 aromatic heterocycles. The SMILES string of the molecule is C/C(Cc1ccc2c(c1)OCO2)=N\NC(=O)C(C)Sc1nnc(SC(C)C(=O)N/N=C(\C)Cc2ccc3c(c2)OCO3)s1. The van der Waals surface area contributed by atoms with Crippen LogP contribution in [0, 0.1) is 0 Å². The molecule has 43 heavy (non-hydrogen) atoms. The van der Waals surface area contributed by atoms with Crippen molar-refractivity contribution in [3.05, 3.63) is 47.5 Å². The molecule has 2 aromatic carbocycles. The van der Waals surface area contributed by atoms with Gasteiger partial charge in [-0.2, -0.15) is 10.2 Å². The molecular weight excluding hydrogens is 613 g/mol. The second kappa shape index (κ2) is 14.1. The van der Waals surface area contributed by atoms with Gasteiger partial charge in [0.2, 0.25) is 13.6 Å². The van der Waals surface area contributed by atoms with E-state index in [1.54, 1.807) is 13.8 Å². The summed E-state index contributed by atoms with van der Waals surface area (Å²) in [6, 6.07) is 11.4. The number of thioether (sulfide) groups is 2. The maximum Gasteiger partial charge on any atom is 0.253 e. The summed E-state index contributed by atoms with van der Waals surface area (Å²) in [5.41, 5.74) is 8.76. The normalized spacial score (nSPS) is 15.3. The van der Waals surface area contributed by atoms with Gasteiger partial charge in [-0.1, -0.05) is 47.0 Å². The number of nitrogens with zero attached hydrogens (tertiary/aromatic N) is 4. The summed E-state index contributed by atoms with van der Waals surface area (Å²) in [5, 5.41) is 15.9. The van der Waals surface area contributed by atoms with E-state index < -0.39 is 10.5 Å². The molecule has 2 unspecified atom stereocenters. The van der Waals surface area contributed by atoms with Crippen LogP contribution in [-0.2, 0) is 22.4 Å². The van der Waals surface area contributed by atoms with Gasteiger partial charge in [0.1, 0.15) is 0 Å². The Labute approximate surface area is 261 Å². The molecule has 5 rings (SSSR count). The summed E-state index contributed by atoms with van der Waals surface area (Å²) in [7, 11) is 0. The molecule has 2 atom stereocenters. The van der Waals surface area contributed by atoms with E-state index in [0.717, 1.165) is 34.0 Å². The predicted molar refractivity (Wildman–Crippen MR) is 166 cm³/mol. The van der Waals surface area contributed by atoms with Crippen molar-refractivity contribution in [1.29, 1.82) is 0 Å². The number of carbonyl (C=O) groups excluding carboxylic acids is 2. The van der Waals surface area contributed by atoms with E-state index in [1.807, 2.05) is 50.2 Å². The maximum absolute atomic E-state index is 12.6. The highest BCUT2D eigenvalue weighted by atomic mass is 32.2. The first-order valence-electron chi connectivity index (χ1n) is 13.3. The molecule has 0 fully saturated rings. The van der Waals surface area contributed by atoms with Gasteiger partial charge >= 0.3 is 0 Å². The van der Waals surface area contributed by atoms with Crippen molar-refractivity contribution < 1.29 is 28.5 Å². The van der Waals surface area contributed by atoms with Gasteiger partial charge in [-0.25, -0.2) is 10.9 Å². The van der Waals surface area contributed by atoms with E-state index in [9.17, 15) is 9.59 Å². The summed E-state index contributed by atoms with van der Waals surface area (Å²) < 4.78 is 22.7. The highest BCUT2D eigenvalue weighted by molar-refractivity contribution is 8.04. The van der Waals surface area contributed by atoms with Crippen molar-refractivity contribution in [3.63, 3.8) is 0 Å². The van der Waals surface area contributed by atoms with Gasteiger partial charge in [0, 0.05) is 24.3 Å². The fraction of sp³-hybridized carbons (Fsp3) is 0.357. The number of amides is 2. The molecule has 3 aromatic rings. The Hall–Kier alpha value is -3.82. The van der Waals surface area contributed by atoms with Gasteiger partial charge < -0.3 is 18.9 Å². The zero-order valence-corrected chi connectivity index (χ0v) is 26.4. The summed E-state index contributed by atoms with van der Waals surface area (Å²) in [5.74, 6) is 2.37. The Kier molecular flexibility index (Phi) is 10.0. The largest absolute Gasteiger partial charge is 0.454 e. The number of hydrazone groups is 2. The maximum atomic E-state index is 12.6. The Morgan fingerprint density at radius 1 is 0.767 bits per heavy atom. The number of ether oxygens (including phenoxy) is 4. The van der Waals surface area contributed by atoms with Crippen LogP contribution in [0.25, 0.3) is 0 Å². The molecule has 0 saturated carbocycles. The van der Waals surface area contributed by atoms with Crippen LogP contribution in [-0.4, -0.2) is 57.5 Å². The van der Waals surface area contributed by atoms with Crippen LogP contribution in [0.1, 0.15) is 38.8 Å². The summed E-state index contributed by atoms with van der Waals surface area (Å²) >= 11 is 3.88. The molecule has 0 aliphatic carbocycles. The first-order chi connectivity index (χ1) is 20.7. The van der Waals surface area contributed by atoms with Crippen molar-refractivity contribution in [2.75, 3.05) is 13.6 Å². The molecule has 0 bridgehead atoms. The standard InChI is InChI=1S/C28H30N6O6S3/c1-15(9-19-5-7-21-23(11-19)39-13-37-21)29-31-25(35)17(3)41-27-33-34-28(43-27)42-18(4)26(36)32-30-16(2)10-20-6-8-22-24(12-20)40-14-38-22/h5-8,11-12,17-18H,9-10,13-14H2,1-4H3,(H,31,35)(H,32,36)/b29-15+,30-16+. The number of carbonyl (C=O) groups is 2. The van der Waals surface area contributed by atoms with Crippen LogP contribution in [0.5, 0.6) is 23.0 Å². The third-order valence-electron chi connectivity index (χ3n) is 6.19. The molecule has 0 spiro atoms. The van der Waals surface area contributed by atoms with E-state index in [-0.39, 0.29) is 25.4 Å². The Morgan fingerprint density at radius 2 is 1.19 bits per heavy atom. The van der Waals surface area contributed by atoms with Crippen LogP contribution < -0.4 is 29.8 Å². The lowest BCUT2D eigenvalue weighted by Crippen LogP contribution is -2.27. The summed E-state index contributed by atoms with van der Waals surface area (Å²) in [4.78, 5) is 25.2. The second-order valence-corrected chi connectivity index (χ2v) is 13.9.